The Hall–Kier alpha value is -3.38. The molecule has 0 unspecified atom stereocenters. The number of rotatable bonds is 4. The standard InChI is InChI=1S/C19H13ClN2O4/c20-13-9-6-12(7-10-13)8-11-15(23)16-17(24)21-19(26)22(18(16)25)14-4-2-1-3-5-14/h1-11,25H,(H,21,24,26)/b11-8+. The highest BCUT2D eigenvalue weighted by Gasteiger charge is 2.20. The first-order valence-electron chi connectivity index (χ1n) is 7.59. The molecule has 3 rings (SSSR count). The van der Waals surface area contributed by atoms with Crippen molar-refractivity contribution >= 4 is 23.5 Å². The van der Waals surface area contributed by atoms with E-state index in [-0.39, 0.29) is 0 Å². The zero-order valence-electron chi connectivity index (χ0n) is 13.3. The summed E-state index contributed by atoms with van der Waals surface area (Å²) < 4.78 is 0.866. The van der Waals surface area contributed by atoms with Gasteiger partial charge in [0.05, 0.1) is 5.69 Å². The van der Waals surface area contributed by atoms with E-state index >= 15 is 0 Å². The molecule has 0 aliphatic carbocycles. The van der Waals surface area contributed by atoms with E-state index in [9.17, 15) is 19.5 Å². The molecular weight excluding hydrogens is 356 g/mol. The highest BCUT2D eigenvalue weighted by molar-refractivity contribution is 6.30. The molecule has 1 aromatic heterocycles. The van der Waals surface area contributed by atoms with Crippen LogP contribution < -0.4 is 11.2 Å². The van der Waals surface area contributed by atoms with Crippen molar-refractivity contribution in [3.05, 3.63) is 97.7 Å². The number of benzene rings is 2. The van der Waals surface area contributed by atoms with E-state index in [0.717, 1.165) is 10.6 Å². The molecule has 0 atom stereocenters. The third kappa shape index (κ3) is 3.50. The van der Waals surface area contributed by atoms with Gasteiger partial charge in [-0.15, -0.1) is 0 Å². The van der Waals surface area contributed by atoms with Crippen molar-refractivity contribution in [3.8, 4) is 11.6 Å². The van der Waals surface area contributed by atoms with Gasteiger partial charge in [-0.25, -0.2) is 9.36 Å². The topological polar surface area (TPSA) is 92.2 Å². The second-order valence-electron chi connectivity index (χ2n) is 5.38. The van der Waals surface area contributed by atoms with Crippen molar-refractivity contribution < 1.29 is 9.90 Å². The van der Waals surface area contributed by atoms with Gasteiger partial charge in [-0.2, -0.15) is 0 Å². The maximum absolute atomic E-state index is 12.4. The summed E-state index contributed by atoms with van der Waals surface area (Å²) >= 11 is 5.80. The number of hydrogen-bond acceptors (Lipinski definition) is 4. The molecule has 2 aromatic carbocycles. The molecule has 0 saturated heterocycles. The lowest BCUT2D eigenvalue weighted by molar-refractivity contribution is 0.104. The largest absolute Gasteiger partial charge is 0.493 e. The van der Waals surface area contributed by atoms with Gasteiger partial charge in [0.1, 0.15) is 5.56 Å². The Morgan fingerprint density at radius 3 is 2.35 bits per heavy atom. The molecule has 0 amide bonds. The predicted octanol–water partition coefficient (Wildman–Crippen LogP) is 2.78. The predicted molar refractivity (Wildman–Crippen MR) is 99.1 cm³/mol. The van der Waals surface area contributed by atoms with E-state index in [2.05, 4.69) is 4.98 Å². The molecular formula is C19H13ClN2O4. The molecule has 1 heterocycles. The van der Waals surface area contributed by atoms with Crippen LogP contribution in [0.5, 0.6) is 5.88 Å². The SMILES string of the molecule is O=C(/C=C/c1ccc(Cl)cc1)c1c(O)n(-c2ccccc2)c(=O)[nH]c1=O. The Labute approximate surface area is 152 Å². The number of ketones is 1. The summed E-state index contributed by atoms with van der Waals surface area (Å²) in [5, 5.41) is 10.9. The molecule has 0 bridgehead atoms. The quantitative estimate of drug-likeness (QED) is 0.547. The summed E-state index contributed by atoms with van der Waals surface area (Å²) in [6.07, 6.45) is 2.63. The lowest BCUT2D eigenvalue weighted by Gasteiger charge is -2.09. The summed E-state index contributed by atoms with van der Waals surface area (Å²) in [5.41, 5.74) is -1.29. The van der Waals surface area contributed by atoms with Crippen LogP contribution in [0, 0.1) is 0 Å². The third-order valence-electron chi connectivity index (χ3n) is 3.64. The average molecular weight is 369 g/mol. The van der Waals surface area contributed by atoms with Crippen LogP contribution in [0.25, 0.3) is 11.8 Å². The fourth-order valence-electron chi connectivity index (χ4n) is 2.39. The number of H-pyrrole nitrogens is 1. The third-order valence-corrected chi connectivity index (χ3v) is 3.90. The molecule has 0 saturated carbocycles. The van der Waals surface area contributed by atoms with Crippen LogP contribution in [-0.2, 0) is 0 Å². The van der Waals surface area contributed by atoms with Crippen molar-refractivity contribution in [2.45, 2.75) is 0 Å². The van der Waals surface area contributed by atoms with Crippen LogP contribution >= 0.6 is 11.6 Å². The minimum atomic E-state index is -0.953. The van der Waals surface area contributed by atoms with Gasteiger partial charge in [0.25, 0.3) is 5.56 Å². The first-order valence-corrected chi connectivity index (χ1v) is 7.97. The fourth-order valence-corrected chi connectivity index (χ4v) is 2.52. The normalized spacial score (nSPS) is 11.0. The van der Waals surface area contributed by atoms with Crippen LogP contribution in [0.1, 0.15) is 15.9 Å². The first kappa shape index (κ1) is 17.4. The monoisotopic (exact) mass is 368 g/mol. The highest BCUT2D eigenvalue weighted by Crippen LogP contribution is 2.17. The lowest BCUT2D eigenvalue weighted by atomic mass is 10.1. The highest BCUT2D eigenvalue weighted by atomic mass is 35.5. The minimum absolute atomic E-state index is 0.321. The molecule has 0 aliphatic heterocycles. The van der Waals surface area contributed by atoms with Crippen LogP contribution in [0.4, 0.5) is 0 Å². The van der Waals surface area contributed by atoms with Gasteiger partial charge < -0.3 is 5.11 Å². The molecule has 7 heteroatoms. The van der Waals surface area contributed by atoms with Gasteiger partial charge in [0, 0.05) is 5.02 Å². The van der Waals surface area contributed by atoms with Gasteiger partial charge in [-0.1, -0.05) is 48.0 Å². The van der Waals surface area contributed by atoms with Crippen LogP contribution in [0.15, 0.2) is 70.3 Å². The number of aromatic hydroxyl groups is 1. The second-order valence-corrected chi connectivity index (χ2v) is 5.81. The number of hydrogen-bond donors (Lipinski definition) is 2. The summed E-state index contributed by atoms with van der Waals surface area (Å²) in [4.78, 5) is 38.6. The summed E-state index contributed by atoms with van der Waals surface area (Å²) in [7, 11) is 0. The molecule has 3 aromatic rings. The molecule has 0 radical (unpaired) electrons. The molecule has 0 spiro atoms. The van der Waals surface area contributed by atoms with E-state index in [0.29, 0.717) is 16.3 Å². The van der Waals surface area contributed by atoms with E-state index in [1.165, 1.54) is 6.08 Å². The second kappa shape index (κ2) is 7.25. The Balaban J connectivity index is 2.05. The smallest absolute Gasteiger partial charge is 0.335 e. The number of aromatic amines is 1. The van der Waals surface area contributed by atoms with Crippen LogP contribution in [-0.4, -0.2) is 20.4 Å². The maximum Gasteiger partial charge on any atom is 0.335 e. The number of nitrogens with one attached hydrogen (secondary N) is 1. The average Bonchev–Trinajstić information content (AvgIpc) is 2.61. The van der Waals surface area contributed by atoms with Gasteiger partial charge in [0.2, 0.25) is 5.88 Å². The minimum Gasteiger partial charge on any atom is -0.493 e. The van der Waals surface area contributed by atoms with E-state index in [1.807, 2.05) is 0 Å². The van der Waals surface area contributed by atoms with Gasteiger partial charge in [-0.3, -0.25) is 14.6 Å². The lowest BCUT2D eigenvalue weighted by Crippen LogP contribution is -2.32. The Morgan fingerprint density at radius 1 is 1.04 bits per heavy atom. The molecule has 0 fully saturated rings. The van der Waals surface area contributed by atoms with Gasteiger partial charge >= 0.3 is 5.69 Å². The molecule has 130 valence electrons. The van der Waals surface area contributed by atoms with Crippen LogP contribution in [0.3, 0.4) is 0 Å². The van der Waals surface area contributed by atoms with Crippen molar-refractivity contribution in [3.63, 3.8) is 0 Å². The van der Waals surface area contributed by atoms with E-state index < -0.39 is 28.5 Å². The van der Waals surface area contributed by atoms with Gasteiger partial charge in [0.15, 0.2) is 5.78 Å². The summed E-state index contributed by atoms with van der Waals surface area (Å²) in [6, 6.07) is 14.9. The van der Waals surface area contributed by atoms with Crippen molar-refractivity contribution in [1.82, 2.24) is 9.55 Å². The Kier molecular flexibility index (Phi) is 4.86. The maximum atomic E-state index is 12.4. The number of carbonyl (C=O) groups excluding carboxylic acids is 1. The Bertz CT molecular complexity index is 1100. The number of para-hydroxylation sites is 1. The number of allylic oxidation sites excluding steroid dienone is 1. The number of halogens is 1. The Morgan fingerprint density at radius 2 is 1.69 bits per heavy atom. The van der Waals surface area contributed by atoms with E-state index in [1.54, 1.807) is 54.6 Å². The molecule has 26 heavy (non-hydrogen) atoms. The van der Waals surface area contributed by atoms with Crippen LogP contribution in [0.2, 0.25) is 5.02 Å². The van der Waals surface area contributed by atoms with Crippen molar-refractivity contribution in [1.29, 1.82) is 0 Å². The van der Waals surface area contributed by atoms with E-state index in [4.69, 9.17) is 11.6 Å². The summed E-state index contributed by atoms with van der Waals surface area (Å²) in [5.74, 6) is -1.45. The molecule has 0 aliphatic rings. The zero-order chi connectivity index (χ0) is 18.7. The van der Waals surface area contributed by atoms with Crippen molar-refractivity contribution in [2.75, 3.05) is 0 Å². The first-order chi connectivity index (χ1) is 12.5. The summed E-state index contributed by atoms with van der Waals surface area (Å²) in [6.45, 7) is 0. The zero-order valence-corrected chi connectivity index (χ0v) is 14.1. The number of aromatic nitrogens is 2. The number of nitrogens with zero attached hydrogens (tertiary/aromatic N) is 1. The fraction of sp³-hybridized carbons (Fsp3) is 0. The van der Waals surface area contributed by atoms with Crippen molar-refractivity contribution in [2.24, 2.45) is 0 Å². The number of carbonyl (C=O) groups is 1. The molecule has 2 N–H and O–H groups in total. The molecule has 6 nitrogen and oxygen atoms in total. The van der Waals surface area contributed by atoms with Gasteiger partial charge in [-0.05, 0) is 35.9 Å².